The number of aromatic nitrogens is 1. The van der Waals surface area contributed by atoms with Crippen LogP contribution in [-0.4, -0.2) is 54.5 Å². The summed E-state index contributed by atoms with van der Waals surface area (Å²) < 4.78 is 67.3. The number of esters is 1. The lowest BCUT2D eigenvalue weighted by atomic mass is 9.91. The number of nitriles is 1. The lowest BCUT2D eigenvalue weighted by Crippen LogP contribution is -2.53. The van der Waals surface area contributed by atoms with Crippen molar-refractivity contribution in [1.82, 2.24) is 9.88 Å². The summed E-state index contributed by atoms with van der Waals surface area (Å²) in [6.07, 6.45) is 7.57. The van der Waals surface area contributed by atoms with E-state index in [2.05, 4.69) is 9.98 Å². The van der Waals surface area contributed by atoms with E-state index in [9.17, 15) is 10.1 Å². The van der Waals surface area contributed by atoms with Crippen molar-refractivity contribution >= 4 is 12.2 Å². The highest BCUT2D eigenvalue weighted by Gasteiger charge is 2.48. The highest BCUT2D eigenvalue weighted by molar-refractivity contribution is 5.84. The molecule has 13 heteroatoms. The predicted molar refractivity (Wildman–Crippen MR) is 205 cm³/mol. The second kappa shape index (κ2) is 17.3. The molecule has 3 unspecified atom stereocenters. The van der Waals surface area contributed by atoms with Crippen molar-refractivity contribution < 1.29 is 42.0 Å². The Kier molecular flexibility index (Phi) is 11.6. The number of benzene rings is 4. The van der Waals surface area contributed by atoms with E-state index in [0.29, 0.717) is 12.1 Å². The lowest BCUT2D eigenvalue weighted by molar-refractivity contribution is -0.173. The minimum absolute atomic E-state index is 0.0135. The maximum absolute atomic E-state index is 16.2. The number of ether oxygens (including phenoxy) is 6. The Labute approximate surface area is 327 Å². The molecule has 3 atom stereocenters. The maximum Gasteiger partial charge on any atom is 0.346 e. The number of carbonyl (C=O) groups excluding carboxylic acids is 1. The monoisotopic (exact) mass is 770 g/mol. The SMILES string of the molecule is COC(=O)C1(OCc2ccccc2)C=CC=CC1Oc1ccc(Oc2c(F)cnc(Oc3cc(C#N)ccc3OCc3ccccc3)c2F)c(C2N=CCN2C)c1. The van der Waals surface area contributed by atoms with Crippen molar-refractivity contribution in [1.29, 1.82) is 5.26 Å². The number of carbonyl (C=O) groups is 1. The summed E-state index contributed by atoms with van der Waals surface area (Å²) in [5.74, 6) is -3.87. The van der Waals surface area contributed by atoms with Crippen molar-refractivity contribution in [3.05, 3.63) is 161 Å². The molecule has 2 heterocycles. The van der Waals surface area contributed by atoms with Crippen LogP contribution in [0.15, 0.2) is 133 Å². The standard InChI is InChI=1S/C44H36F2N4O7/c1-50-22-21-48-41(50)33-24-32(55-38-15-9-10-20-44(38,43(51)52-2)54-28-30-13-7-4-8-14-30)17-19-35(33)56-40-34(45)26-49-42(39(40)46)57-37-23-31(25-47)16-18-36(37)53-27-29-11-5-3-6-12-29/h3-21,23-24,26,38,41H,22,27-28H2,1-2H3. The van der Waals surface area contributed by atoms with Crippen LogP contribution < -0.4 is 18.9 Å². The molecule has 0 radical (unpaired) electrons. The van der Waals surface area contributed by atoms with Crippen LogP contribution in [0.3, 0.4) is 0 Å². The highest BCUT2D eigenvalue weighted by Crippen LogP contribution is 2.42. The number of halogens is 2. The second-order valence-electron chi connectivity index (χ2n) is 13.0. The molecule has 1 aliphatic carbocycles. The number of hydrogen-bond acceptors (Lipinski definition) is 11. The van der Waals surface area contributed by atoms with Crippen LogP contribution in [0.25, 0.3) is 0 Å². The fourth-order valence-electron chi connectivity index (χ4n) is 6.21. The zero-order valence-electron chi connectivity index (χ0n) is 30.9. The normalized spacial score (nSPS) is 18.5. The molecule has 7 rings (SSSR count). The van der Waals surface area contributed by atoms with Gasteiger partial charge in [-0.05, 0) is 60.7 Å². The summed E-state index contributed by atoms with van der Waals surface area (Å²) in [4.78, 5) is 23.7. The highest BCUT2D eigenvalue weighted by atomic mass is 19.1. The van der Waals surface area contributed by atoms with Gasteiger partial charge in [0, 0.05) is 24.4 Å². The van der Waals surface area contributed by atoms with Gasteiger partial charge in [0.15, 0.2) is 23.4 Å². The van der Waals surface area contributed by atoms with Gasteiger partial charge in [0.1, 0.15) is 24.3 Å². The average Bonchev–Trinajstić information content (AvgIpc) is 3.68. The van der Waals surface area contributed by atoms with Gasteiger partial charge in [-0.1, -0.05) is 72.8 Å². The van der Waals surface area contributed by atoms with Gasteiger partial charge in [-0.3, -0.25) is 9.89 Å². The van der Waals surface area contributed by atoms with E-state index >= 15 is 8.78 Å². The number of allylic oxidation sites excluding steroid dienone is 2. The first kappa shape index (κ1) is 38.4. The smallest absolute Gasteiger partial charge is 0.346 e. The van der Waals surface area contributed by atoms with E-state index in [4.69, 9.17) is 28.4 Å². The van der Waals surface area contributed by atoms with Crippen LogP contribution in [0, 0.1) is 23.0 Å². The van der Waals surface area contributed by atoms with Crippen molar-refractivity contribution in [2.45, 2.75) is 31.1 Å². The Bertz CT molecular complexity index is 2370. The van der Waals surface area contributed by atoms with E-state index in [1.54, 1.807) is 42.7 Å². The van der Waals surface area contributed by atoms with Gasteiger partial charge in [0.2, 0.25) is 17.2 Å². The number of rotatable bonds is 14. The van der Waals surface area contributed by atoms with Crippen molar-refractivity contribution in [3.8, 4) is 40.7 Å². The number of pyridine rings is 1. The minimum Gasteiger partial charge on any atom is -0.485 e. The second-order valence-corrected chi connectivity index (χ2v) is 13.0. The zero-order chi connectivity index (χ0) is 39.8. The van der Waals surface area contributed by atoms with Gasteiger partial charge < -0.3 is 28.4 Å². The molecule has 0 fully saturated rings. The van der Waals surface area contributed by atoms with Gasteiger partial charge >= 0.3 is 5.97 Å². The number of aliphatic imine (C=N–C) groups is 1. The molecule has 4 aromatic carbocycles. The van der Waals surface area contributed by atoms with E-state index in [0.717, 1.165) is 17.3 Å². The summed E-state index contributed by atoms with van der Waals surface area (Å²) in [6.45, 7) is 0.750. The van der Waals surface area contributed by atoms with Crippen molar-refractivity contribution in [2.24, 2.45) is 4.99 Å². The van der Waals surface area contributed by atoms with Gasteiger partial charge in [-0.25, -0.2) is 14.2 Å². The van der Waals surface area contributed by atoms with Crippen molar-refractivity contribution in [3.63, 3.8) is 0 Å². The third-order valence-corrected chi connectivity index (χ3v) is 9.17. The third-order valence-electron chi connectivity index (χ3n) is 9.17. The summed E-state index contributed by atoms with van der Waals surface area (Å²) in [7, 11) is 3.10. The average molecular weight is 771 g/mol. The molecule has 288 valence electrons. The Morgan fingerprint density at radius 3 is 2.35 bits per heavy atom. The molecule has 11 nitrogen and oxygen atoms in total. The van der Waals surface area contributed by atoms with Gasteiger partial charge in [-0.2, -0.15) is 9.65 Å². The Balaban J connectivity index is 1.18. The Morgan fingerprint density at radius 1 is 0.912 bits per heavy atom. The van der Waals surface area contributed by atoms with Crippen LogP contribution in [0.2, 0.25) is 0 Å². The molecule has 0 saturated heterocycles. The first-order valence-electron chi connectivity index (χ1n) is 17.8. The molecule has 2 aliphatic rings. The maximum atomic E-state index is 16.2. The van der Waals surface area contributed by atoms with E-state index < -0.39 is 47.1 Å². The molecule has 0 amide bonds. The molecule has 1 aliphatic heterocycles. The fourth-order valence-corrected chi connectivity index (χ4v) is 6.21. The van der Waals surface area contributed by atoms with Gasteiger partial charge in [0.25, 0.3) is 5.88 Å². The fraction of sp³-hybridized carbons (Fsp3) is 0.182. The largest absolute Gasteiger partial charge is 0.485 e. The summed E-state index contributed by atoms with van der Waals surface area (Å²) >= 11 is 0. The topological polar surface area (TPSA) is 125 Å². The minimum atomic E-state index is -1.64. The Morgan fingerprint density at radius 2 is 1.65 bits per heavy atom. The van der Waals surface area contributed by atoms with E-state index in [1.165, 1.54) is 31.4 Å². The van der Waals surface area contributed by atoms with Crippen LogP contribution >= 0.6 is 0 Å². The summed E-state index contributed by atoms with van der Waals surface area (Å²) in [6, 6.07) is 29.8. The lowest BCUT2D eigenvalue weighted by Gasteiger charge is -2.35. The summed E-state index contributed by atoms with van der Waals surface area (Å²) in [5, 5.41) is 9.54. The number of nitrogens with zero attached hydrogens (tertiary/aromatic N) is 4. The van der Waals surface area contributed by atoms with Gasteiger partial charge in [-0.15, -0.1) is 0 Å². The summed E-state index contributed by atoms with van der Waals surface area (Å²) in [5.41, 5.74) is 0.686. The quantitative estimate of drug-likeness (QED) is 0.102. The van der Waals surface area contributed by atoms with E-state index in [-0.39, 0.29) is 41.8 Å². The number of hydrogen-bond donors (Lipinski definition) is 0. The zero-order valence-corrected chi connectivity index (χ0v) is 30.9. The first-order valence-corrected chi connectivity index (χ1v) is 17.8. The molecule has 57 heavy (non-hydrogen) atoms. The molecule has 0 saturated carbocycles. The molecular weight excluding hydrogens is 735 g/mol. The molecule has 1 aromatic heterocycles. The van der Waals surface area contributed by atoms with Crippen LogP contribution in [0.5, 0.6) is 34.6 Å². The molecule has 0 N–H and O–H groups in total. The molecular formula is C44H36F2N4O7. The van der Waals surface area contributed by atoms with Crippen LogP contribution in [0.4, 0.5) is 8.78 Å². The molecule has 5 aromatic rings. The predicted octanol–water partition coefficient (Wildman–Crippen LogP) is 8.41. The molecule has 0 spiro atoms. The van der Waals surface area contributed by atoms with Crippen LogP contribution in [0.1, 0.15) is 28.4 Å². The first-order chi connectivity index (χ1) is 27.8. The van der Waals surface area contributed by atoms with Crippen LogP contribution in [-0.2, 0) is 27.5 Å². The third kappa shape index (κ3) is 8.52. The van der Waals surface area contributed by atoms with Gasteiger partial charge in [0.05, 0.1) is 31.5 Å². The Hall–Kier alpha value is -6.88. The number of methoxy groups -OCH3 is 1. The van der Waals surface area contributed by atoms with Crippen molar-refractivity contribution in [2.75, 3.05) is 20.7 Å². The van der Waals surface area contributed by atoms with E-state index in [1.807, 2.05) is 78.7 Å². The molecule has 0 bridgehead atoms.